The molecule has 21 heavy (non-hydrogen) atoms. The van der Waals surface area contributed by atoms with Gasteiger partial charge in [-0.05, 0) is 31.1 Å². The zero-order chi connectivity index (χ0) is 14.9. The van der Waals surface area contributed by atoms with E-state index in [9.17, 15) is 4.79 Å². The van der Waals surface area contributed by atoms with E-state index in [0.29, 0.717) is 6.54 Å². The normalized spacial score (nSPS) is 21.0. The molecule has 116 valence electrons. The van der Waals surface area contributed by atoms with Crippen LogP contribution in [0, 0.1) is 5.41 Å². The fourth-order valence-electron chi connectivity index (χ4n) is 3.36. The second-order valence-electron chi connectivity index (χ2n) is 6.99. The van der Waals surface area contributed by atoms with E-state index in [4.69, 9.17) is 0 Å². The van der Waals surface area contributed by atoms with E-state index in [1.807, 2.05) is 4.90 Å². The summed E-state index contributed by atoms with van der Waals surface area (Å²) in [6, 6.07) is 0.0240. The Kier molecular flexibility index (Phi) is 3.87. The van der Waals surface area contributed by atoms with Crippen LogP contribution in [-0.2, 0) is 19.5 Å². The van der Waals surface area contributed by atoms with Crippen molar-refractivity contribution in [3.63, 3.8) is 0 Å². The Morgan fingerprint density at radius 2 is 2.10 bits per heavy atom. The summed E-state index contributed by atoms with van der Waals surface area (Å²) in [5.41, 5.74) is 0.226. The lowest BCUT2D eigenvalue weighted by molar-refractivity contribution is 0.129. The molecular weight excluding hydrogens is 266 g/mol. The molecule has 0 saturated carbocycles. The zero-order valence-electron chi connectivity index (χ0n) is 13.1. The van der Waals surface area contributed by atoms with Gasteiger partial charge in [0.15, 0.2) is 5.82 Å². The quantitative estimate of drug-likeness (QED) is 0.906. The van der Waals surface area contributed by atoms with Crippen molar-refractivity contribution in [2.24, 2.45) is 5.41 Å². The molecule has 0 aromatic carbocycles. The number of rotatable bonds is 2. The topological polar surface area (TPSA) is 63.1 Å². The average Bonchev–Trinajstić information content (AvgIpc) is 2.87. The predicted octanol–water partition coefficient (Wildman–Crippen LogP) is 1.95. The van der Waals surface area contributed by atoms with Crippen LogP contribution >= 0.6 is 0 Å². The van der Waals surface area contributed by atoms with Gasteiger partial charge in [-0.1, -0.05) is 13.8 Å². The van der Waals surface area contributed by atoms with E-state index in [1.54, 1.807) is 0 Å². The molecule has 0 aliphatic carbocycles. The van der Waals surface area contributed by atoms with Crippen LogP contribution in [0.4, 0.5) is 4.79 Å². The molecule has 1 saturated heterocycles. The number of hydrogen-bond acceptors (Lipinski definition) is 3. The van der Waals surface area contributed by atoms with Gasteiger partial charge in [-0.2, -0.15) is 0 Å². The van der Waals surface area contributed by atoms with Crippen molar-refractivity contribution in [1.29, 1.82) is 0 Å². The second-order valence-corrected chi connectivity index (χ2v) is 6.99. The van der Waals surface area contributed by atoms with Crippen molar-refractivity contribution in [2.45, 2.75) is 59.0 Å². The number of aryl methyl sites for hydroxylation is 1. The molecule has 2 amide bonds. The summed E-state index contributed by atoms with van der Waals surface area (Å²) in [6.07, 6.45) is 5.64. The summed E-state index contributed by atoms with van der Waals surface area (Å²) in [6.45, 7) is 7.58. The third-order valence-corrected chi connectivity index (χ3v) is 4.52. The molecule has 1 aromatic rings. The maximum Gasteiger partial charge on any atom is 0.317 e. The number of aromatic nitrogens is 3. The van der Waals surface area contributed by atoms with E-state index in [0.717, 1.165) is 44.1 Å². The fraction of sp³-hybridized carbons (Fsp3) is 0.800. The fourth-order valence-corrected chi connectivity index (χ4v) is 3.36. The van der Waals surface area contributed by atoms with E-state index in [1.165, 1.54) is 19.3 Å². The van der Waals surface area contributed by atoms with Gasteiger partial charge in [-0.25, -0.2) is 4.79 Å². The molecule has 3 heterocycles. The van der Waals surface area contributed by atoms with Gasteiger partial charge >= 0.3 is 6.03 Å². The minimum atomic E-state index is 0.0240. The van der Waals surface area contributed by atoms with Crippen molar-refractivity contribution in [3.05, 3.63) is 11.6 Å². The Balaban J connectivity index is 1.57. The number of hydrogen-bond donors (Lipinski definition) is 1. The zero-order valence-corrected chi connectivity index (χ0v) is 13.1. The van der Waals surface area contributed by atoms with Crippen molar-refractivity contribution in [3.8, 4) is 0 Å². The maximum atomic E-state index is 12.3. The SMILES string of the molecule is CC1(C)CCCN(C(=O)NCc2nnc3n2CCCC3)C1. The molecule has 0 bridgehead atoms. The van der Waals surface area contributed by atoms with Crippen LogP contribution in [0.25, 0.3) is 0 Å². The first-order valence-corrected chi connectivity index (χ1v) is 7.99. The van der Waals surface area contributed by atoms with Crippen LogP contribution in [0.2, 0.25) is 0 Å². The highest BCUT2D eigenvalue weighted by Crippen LogP contribution is 2.28. The number of carbonyl (C=O) groups excluding carboxylic acids is 1. The minimum absolute atomic E-state index is 0.0240. The number of piperidine rings is 1. The smallest absolute Gasteiger partial charge is 0.317 e. The Hall–Kier alpha value is -1.59. The average molecular weight is 291 g/mol. The summed E-state index contributed by atoms with van der Waals surface area (Å²) in [7, 11) is 0. The number of likely N-dealkylation sites (tertiary alicyclic amines) is 1. The number of nitrogens with zero attached hydrogens (tertiary/aromatic N) is 4. The van der Waals surface area contributed by atoms with Crippen molar-refractivity contribution < 1.29 is 4.79 Å². The van der Waals surface area contributed by atoms with Gasteiger partial charge in [0.2, 0.25) is 0 Å². The molecule has 1 aromatic heterocycles. The molecule has 3 rings (SSSR count). The van der Waals surface area contributed by atoms with Gasteiger partial charge in [0.05, 0.1) is 6.54 Å². The first-order valence-electron chi connectivity index (χ1n) is 7.99. The van der Waals surface area contributed by atoms with Crippen molar-refractivity contribution in [1.82, 2.24) is 25.0 Å². The molecule has 0 radical (unpaired) electrons. The number of amides is 2. The maximum absolute atomic E-state index is 12.3. The molecule has 6 heteroatoms. The first-order chi connectivity index (χ1) is 10.1. The molecule has 0 spiro atoms. The second kappa shape index (κ2) is 5.66. The molecule has 0 unspecified atom stereocenters. The Morgan fingerprint density at radius 3 is 2.90 bits per heavy atom. The minimum Gasteiger partial charge on any atom is -0.331 e. The van der Waals surface area contributed by atoms with Crippen LogP contribution < -0.4 is 5.32 Å². The largest absolute Gasteiger partial charge is 0.331 e. The number of fused-ring (bicyclic) bond motifs is 1. The van der Waals surface area contributed by atoms with Gasteiger partial charge < -0.3 is 14.8 Å². The van der Waals surface area contributed by atoms with Crippen LogP contribution in [0.15, 0.2) is 0 Å². The highest BCUT2D eigenvalue weighted by molar-refractivity contribution is 5.74. The van der Waals surface area contributed by atoms with E-state index < -0.39 is 0 Å². The summed E-state index contributed by atoms with van der Waals surface area (Å²) >= 11 is 0. The third-order valence-electron chi connectivity index (χ3n) is 4.52. The summed E-state index contributed by atoms with van der Waals surface area (Å²) < 4.78 is 2.16. The van der Waals surface area contributed by atoms with Crippen LogP contribution in [-0.4, -0.2) is 38.8 Å². The summed E-state index contributed by atoms with van der Waals surface area (Å²) in [5, 5.41) is 11.4. The molecule has 2 aliphatic heterocycles. The van der Waals surface area contributed by atoms with Gasteiger partial charge in [-0.15, -0.1) is 10.2 Å². The van der Waals surface area contributed by atoms with Gasteiger partial charge in [0.25, 0.3) is 0 Å². The number of urea groups is 1. The van der Waals surface area contributed by atoms with Gasteiger partial charge in [0, 0.05) is 26.1 Å². The molecule has 1 fully saturated rings. The molecular formula is C15H25N5O. The number of nitrogens with one attached hydrogen (secondary N) is 1. The lowest BCUT2D eigenvalue weighted by Crippen LogP contribution is -2.48. The predicted molar refractivity (Wildman–Crippen MR) is 79.8 cm³/mol. The van der Waals surface area contributed by atoms with Crippen molar-refractivity contribution in [2.75, 3.05) is 13.1 Å². The number of carbonyl (C=O) groups is 1. The Morgan fingerprint density at radius 1 is 1.24 bits per heavy atom. The Bertz CT molecular complexity index is 522. The first kappa shape index (κ1) is 14.4. The molecule has 2 aliphatic rings. The Labute approximate surface area is 125 Å². The van der Waals surface area contributed by atoms with Gasteiger partial charge in [-0.3, -0.25) is 0 Å². The third kappa shape index (κ3) is 3.19. The van der Waals surface area contributed by atoms with E-state index in [-0.39, 0.29) is 11.4 Å². The monoisotopic (exact) mass is 291 g/mol. The van der Waals surface area contributed by atoms with Crippen LogP contribution in [0.5, 0.6) is 0 Å². The van der Waals surface area contributed by atoms with Crippen molar-refractivity contribution >= 4 is 6.03 Å². The molecule has 0 atom stereocenters. The molecule has 6 nitrogen and oxygen atoms in total. The lowest BCUT2D eigenvalue weighted by Gasteiger charge is -2.37. The summed E-state index contributed by atoms with van der Waals surface area (Å²) in [5.74, 6) is 1.94. The van der Waals surface area contributed by atoms with E-state index >= 15 is 0 Å². The van der Waals surface area contributed by atoms with E-state index in [2.05, 4.69) is 33.9 Å². The standard InChI is InChI=1S/C15H25N5O/c1-15(2)7-5-8-19(11-15)14(21)16-10-13-18-17-12-6-3-4-9-20(12)13/h3-11H2,1-2H3,(H,16,21). The van der Waals surface area contributed by atoms with Crippen LogP contribution in [0.3, 0.4) is 0 Å². The van der Waals surface area contributed by atoms with Crippen LogP contribution in [0.1, 0.15) is 51.2 Å². The highest BCUT2D eigenvalue weighted by atomic mass is 16.2. The highest BCUT2D eigenvalue weighted by Gasteiger charge is 2.29. The molecule has 1 N–H and O–H groups in total. The summed E-state index contributed by atoms with van der Waals surface area (Å²) in [4.78, 5) is 14.2. The van der Waals surface area contributed by atoms with Gasteiger partial charge in [0.1, 0.15) is 5.82 Å². The lowest BCUT2D eigenvalue weighted by atomic mass is 9.84.